The molecule has 0 unspecified atom stereocenters. The lowest BCUT2D eigenvalue weighted by Gasteiger charge is -2.05. The van der Waals surface area contributed by atoms with Gasteiger partial charge < -0.3 is 4.74 Å². The molecule has 1 aromatic heterocycles. The molecule has 0 aliphatic rings. The van der Waals surface area contributed by atoms with Crippen LogP contribution in [0.1, 0.15) is 17.6 Å². The highest BCUT2D eigenvalue weighted by molar-refractivity contribution is 9.10. The van der Waals surface area contributed by atoms with Crippen LogP contribution in [0.4, 0.5) is 0 Å². The van der Waals surface area contributed by atoms with Crippen LogP contribution in [0.15, 0.2) is 22.7 Å². The van der Waals surface area contributed by atoms with Gasteiger partial charge in [0.25, 0.3) is 0 Å². The Morgan fingerprint density at radius 2 is 2.18 bits per heavy atom. The Morgan fingerprint density at radius 1 is 1.41 bits per heavy atom. The monoisotopic (exact) mass is 311 g/mol. The Bertz CT molecular complexity index is 536. The van der Waals surface area contributed by atoms with Crippen LogP contribution in [0.25, 0.3) is 10.4 Å². The first-order chi connectivity index (χ1) is 8.15. The number of hydrogen-bond acceptors (Lipinski definition) is 3. The van der Waals surface area contributed by atoms with E-state index in [0.29, 0.717) is 0 Å². The standard InChI is InChI=1S/C13H14BrNOS/c1-4-12-15-8(2)13(17-12)9-5-6-11(16-3)10(14)7-9/h5-7H,4H2,1-3H3. The first kappa shape index (κ1) is 12.6. The van der Waals surface area contributed by atoms with Crippen molar-refractivity contribution in [1.82, 2.24) is 4.98 Å². The summed E-state index contributed by atoms with van der Waals surface area (Å²) in [5.41, 5.74) is 2.29. The number of thiazole rings is 1. The van der Waals surface area contributed by atoms with Gasteiger partial charge in [0, 0.05) is 0 Å². The SMILES string of the molecule is CCc1nc(C)c(-c2ccc(OC)c(Br)c2)s1. The number of ether oxygens (including phenoxy) is 1. The Hall–Kier alpha value is -0.870. The second-order valence-corrected chi connectivity index (χ2v) is 5.66. The summed E-state index contributed by atoms with van der Waals surface area (Å²) < 4.78 is 6.21. The minimum absolute atomic E-state index is 0.853. The van der Waals surface area contributed by atoms with Crippen LogP contribution in [0.3, 0.4) is 0 Å². The number of aromatic nitrogens is 1. The largest absolute Gasteiger partial charge is 0.496 e. The molecule has 0 aliphatic carbocycles. The van der Waals surface area contributed by atoms with Crippen molar-refractivity contribution in [1.29, 1.82) is 0 Å². The fourth-order valence-electron chi connectivity index (χ4n) is 1.68. The van der Waals surface area contributed by atoms with E-state index < -0.39 is 0 Å². The van der Waals surface area contributed by atoms with Crippen molar-refractivity contribution in [2.75, 3.05) is 7.11 Å². The summed E-state index contributed by atoms with van der Waals surface area (Å²) >= 11 is 5.27. The highest BCUT2D eigenvalue weighted by atomic mass is 79.9. The molecule has 0 radical (unpaired) electrons. The van der Waals surface area contributed by atoms with E-state index in [1.54, 1.807) is 18.4 Å². The van der Waals surface area contributed by atoms with Gasteiger partial charge in [0.15, 0.2) is 0 Å². The topological polar surface area (TPSA) is 22.1 Å². The molecule has 1 aromatic carbocycles. The van der Waals surface area contributed by atoms with Crippen LogP contribution in [0, 0.1) is 6.92 Å². The van der Waals surface area contributed by atoms with Crippen LogP contribution in [-0.4, -0.2) is 12.1 Å². The highest BCUT2D eigenvalue weighted by Gasteiger charge is 2.10. The average Bonchev–Trinajstić information content (AvgIpc) is 2.70. The normalized spacial score (nSPS) is 10.6. The molecule has 0 aliphatic heterocycles. The number of aryl methyl sites for hydroxylation is 2. The summed E-state index contributed by atoms with van der Waals surface area (Å²) in [7, 11) is 1.67. The van der Waals surface area contributed by atoms with E-state index in [4.69, 9.17) is 4.74 Å². The number of rotatable bonds is 3. The number of hydrogen-bond donors (Lipinski definition) is 0. The summed E-state index contributed by atoms with van der Waals surface area (Å²) in [6, 6.07) is 6.13. The number of nitrogens with zero attached hydrogens (tertiary/aromatic N) is 1. The van der Waals surface area contributed by atoms with E-state index >= 15 is 0 Å². The zero-order valence-corrected chi connectivity index (χ0v) is 12.5. The van der Waals surface area contributed by atoms with Crippen molar-refractivity contribution in [3.8, 4) is 16.2 Å². The maximum atomic E-state index is 5.23. The van der Waals surface area contributed by atoms with Gasteiger partial charge >= 0.3 is 0 Å². The van der Waals surface area contributed by atoms with E-state index in [9.17, 15) is 0 Å². The summed E-state index contributed by atoms with van der Waals surface area (Å²) in [5.74, 6) is 0.853. The molecule has 2 nitrogen and oxygen atoms in total. The lowest BCUT2D eigenvalue weighted by atomic mass is 10.1. The van der Waals surface area contributed by atoms with Crippen molar-refractivity contribution in [3.63, 3.8) is 0 Å². The first-order valence-corrected chi connectivity index (χ1v) is 7.07. The van der Waals surface area contributed by atoms with Crippen molar-refractivity contribution < 1.29 is 4.74 Å². The zero-order valence-electron chi connectivity index (χ0n) is 10.1. The molecule has 0 N–H and O–H groups in total. The smallest absolute Gasteiger partial charge is 0.133 e. The highest BCUT2D eigenvalue weighted by Crippen LogP contribution is 2.35. The van der Waals surface area contributed by atoms with Crippen LogP contribution < -0.4 is 4.74 Å². The van der Waals surface area contributed by atoms with Gasteiger partial charge in [0.05, 0.1) is 27.2 Å². The molecular weight excluding hydrogens is 298 g/mol. The second kappa shape index (κ2) is 5.19. The Morgan fingerprint density at radius 3 is 2.71 bits per heavy atom. The van der Waals surface area contributed by atoms with Crippen molar-refractivity contribution in [2.24, 2.45) is 0 Å². The summed E-state index contributed by atoms with van der Waals surface area (Å²) in [6.45, 7) is 4.19. The molecule has 0 saturated heterocycles. The van der Waals surface area contributed by atoms with Gasteiger partial charge in [-0.2, -0.15) is 0 Å². The first-order valence-electron chi connectivity index (χ1n) is 5.46. The third-order valence-corrected chi connectivity index (χ3v) is 4.53. The summed E-state index contributed by atoms with van der Waals surface area (Å²) in [6.07, 6.45) is 0.989. The quantitative estimate of drug-likeness (QED) is 0.835. The molecule has 4 heteroatoms. The molecule has 90 valence electrons. The van der Waals surface area contributed by atoms with E-state index in [0.717, 1.165) is 22.3 Å². The molecule has 2 rings (SSSR count). The molecule has 0 fully saturated rings. The molecule has 1 heterocycles. The molecule has 0 bridgehead atoms. The predicted molar refractivity (Wildman–Crippen MR) is 75.9 cm³/mol. The van der Waals surface area contributed by atoms with Crippen LogP contribution in [-0.2, 0) is 6.42 Å². The minimum atomic E-state index is 0.853. The Kier molecular flexibility index (Phi) is 3.84. The average molecular weight is 312 g/mol. The molecule has 0 spiro atoms. The van der Waals surface area contributed by atoms with Crippen molar-refractivity contribution in [2.45, 2.75) is 20.3 Å². The Balaban J connectivity index is 2.45. The molecule has 17 heavy (non-hydrogen) atoms. The van der Waals surface area contributed by atoms with Crippen molar-refractivity contribution in [3.05, 3.63) is 33.4 Å². The van der Waals surface area contributed by atoms with Crippen LogP contribution in [0.5, 0.6) is 5.75 Å². The number of methoxy groups -OCH3 is 1. The van der Waals surface area contributed by atoms with E-state index in [1.807, 2.05) is 6.07 Å². The molecule has 0 amide bonds. The predicted octanol–water partition coefficient (Wildman–Crippen LogP) is 4.45. The maximum absolute atomic E-state index is 5.23. The Labute approximate surface area is 114 Å². The fourth-order valence-corrected chi connectivity index (χ4v) is 3.22. The number of benzene rings is 1. The lowest BCUT2D eigenvalue weighted by molar-refractivity contribution is 0.412. The van der Waals surface area contributed by atoms with Gasteiger partial charge in [-0.25, -0.2) is 4.98 Å². The lowest BCUT2D eigenvalue weighted by Crippen LogP contribution is -1.85. The summed E-state index contributed by atoms with van der Waals surface area (Å²) in [4.78, 5) is 5.79. The van der Waals surface area contributed by atoms with Crippen LogP contribution >= 0.6 is 27.3 Å². The fraction of sp³-hybridized carbons (Fsp3) is 0.308. The van der Waals surface area contributed by atoms with E-state index in [2.05, 4.69) is 46.9 Å². The van der Waals surface area contributed by atoms with Gasteiger partial charge in [-0.3, -0.25) is 0 Å². The second-order valence-electron chi connectivity index (χ2n) is 3.73. The maximum Gasteiger partial charge on any atom is 0.133 e. The van der Waals surface area contributed by atoms with Gasteiger partial charge in [0.1, 0.15) is 5.75 Å². The third kappa shape index (κ3) is 2.53. The van der Waals surface area contributed by atoms with Crippen molar-refractivity contribution >= 4 is 27.3 Å². The third-order valence-electron chi connectivity index (χ3n) is 2.56. The van der Waals surface area contributed by atoms with E-state index in [-0.39, 0.29) is 0 Å². The summed E-state index contributed by atoms with van der Waals surface area (Å²) in [5, 5.41) is 1.18. The van der Waals surface area contributed by atoms with Gasteiger partial charge in [0.2, 0.25) is 0 Å². The van der Waals surface area contributed by atoms with Gasteiger partial charge in [-0.1, -0.05) is 6.92 Å². The van der Waals surface area contributed by atoms with Crippen LogP contribution in [0.2, 0.25) is 0 Å². The molecule has 2 aromatic rings. The number of halogens is 1. The van der Waals surface area contributed by atoms with Gasteiger partial charge in [-0.05, 0) is 53.0 Å². The minimum Gasteiger partial charge on any atom is -0.496 e. The molecular formula is C13H14BrNOS. The molecule has 0 atom stereocenters. The molecule has 0 saturated carbocycles. The van der Waals surface area contributed by atoms with Gasteiger partial charge in [-0.15, -0.1) is 11.3 Å². The zero-order chi connectivity index (χ0) is 12.4. The van der Waals surface area contributed by atoms with E-state index in [1.165, 1.54) is 15.4 Å².